The number of likely N-dealkylation sites (tertiary alicyclic amines) is 1. The number of rotatable bonds is 2. The van der Waals surface area contributed by atoms with Crippen LogP contribution in [-0.2, 0) is 9.59 Å². The van der Waals surface area contributed by atoms with Crippen LogP contribution in [-0.4, -0.2) is 35.0 Å². The van der Waals surface area contributed by atoms with Gasteiger partial charge in [0, 0.05) is 13.1 Å². The second-order valence-corrected chi connectivity index (χ2v) is 8.33. The normalized spacial score (nSPS) is 47.9. The molecule has 0 aromatic heterocycles. The molecule has 1 amide bonds. The van der Waals surface area contributed by atoms with E-state index in [0.29, 0.717) is 13.1 Å². The molecule has 2 atom stereocenters. The lowest BCUT2D eigenvalue weighted by molar-refractivity contribution is -0.157. The topological polar surface area (TPSA) is 57.6 Å². The van der Waals surface area contributed by atoms with Gasteiger partial charge in [0.05, 0.1) is 11.3 Å². The van der Waals surface area contributed by atoms with Gasteiger partial charge >= 0.3 is 5.97 Å². The Morgan fingerprint density at radius 3 is 1.95 bits per heavy atom. The molecule has 4 heteroatoms. The summed E-state index contributed by atoms with van der Waals surface area (Å²) in [5, 5.41) is 9.28. The van der Waals surface area contributed by atoms with Gasteiger partial charge in [-0.2, -0.15) is 0 Å². The minimum absolute atomic E-state index is 0.0837. The van der Waals surface area contributed by atoms with Crippen molar-refractivity contribution in [1.29, 1.82) is 0 Å². The van der Waals surface area contributed by atoms with Crippen LogP contribution in [0.25, 0.3) is 0 Å². The van der Waals surface area contributed by atoms with Gasteiger partial charge in [-0.15, -0.1) is 0 Å². The Morgan fingerprint density at radius 1 is 1.00 bits per heavy atom. The Bertz CT molecular complexity index is 451. The number of hydrogen-bond donors (Lipinski definition) is 1. The molecule has 1 N–H and O–H groups in total. The van der Waals surface area contributed by atoms with Crippen LogP contribution in [0.1, 0.15) is 45.4 Å². The van der Waals surface area contributed by atoms with E-state index < -0.39 is 5.97 Å². The molecule has 0 radical (unpaired) electrons. The van der Waals surface area contributed by atoms with E-state index in [2.05, 4.69) is 0 Å². The van der Waals surface area contributed by atoms with E-state index >= 15 is 0 Å². The van der Waals surface area contributed by atoms with E-state index in [1.807, 2.05) is 11.8 Å². The number of nitrogens with zero attached hydrogens (tertiary/aromatic N) is 1. The van der Waals surface area contributed by atoms with Crippen molar-refractivity contribution in [2.24, 2.45) is 35.0 Å². The Labute approximate surface area is 125 Å². The molecule has 5 rings (SSSR count). The quantitative estimate of drug-likeness (QED) is 0.850. The summed E-state index contributed by atoms with van der Waals surface area (Å²) < 4.78 is 0. The van der Waals surface area contributed by atoms with Crippen LogP contribution < -0.4 is 0 Å². The lowest BCUT2D eigenvalue weighted by atomic mass is 9.49. The standard InChI is InChI=1S/C17H25NO3/c1-10-8-18(9-14(10)15(19)20)16(21)17-5-11-2-12(6-17)4-13(3-11)7-17/h10-14H,2-9H2,1H3,(H,19,20). The summed E-state index contributed by atoms with van der Waals surface area (Å²) in [6.45, 7) is 3.03. The van der Waals surface area contributed by atoms with Crippen molar-refractivity contribution in [3.05, 3.63) is 0 Å². The summed E-state index contributed by atoms with van der Waals surface area (Å²) in [4.78, 5) is 26.3. The molecule has 1 saturated heterocycles. The van der Waals surface area contributed by atoms with E-state index in [1.54, 1.807) is 0 Å². The smallest absolute Gasteiger partial charge is 0.308 e. The molecular formula is C17H25NO3. The van der Waals surface area contributed by atoms with Crippen molar-refractivity contribution >= 4 is 11.9 Å². The lowest BCUT2D eigenvalue weighted by Gasteiger charge is -2.56. The summed E-state index contributed by atoms with van der Waals surface area (Å²) in [6, 6.07) is 0. The summed E-state index contributed by atoms with van der Waals surface area (Å²) in [6.07, 6.45) is 7.21. The number of aliphatic carboxylic acids is 1. The van der Waals surface area contributed by atoms with Gasteiger partial charge in [-0.05, 0) is 62.2 Å². The molecule has 0 aromatic carbocycles. The Morgan fingerprint density at radius 2 is 1.52 bits per heavy atom. The first kappa shape index (κ1) is 13.6. The minimum Gasteiger partial charge on any atom is -0.481 e. The maximum Gasteiger partial charge on any atom is 0.308 e. The monoisotopic (exact) mass is 291 g/mol. The predicted octanol–water partition coefficient (Wildman–Crippen LogP) is 2.38. The van der Waals surface area contributed by atoms with E-state index in [1.165, 1.54) is 19.3 Å². The molecule has 5 fully saturated rings. The average molecular weight is 291 g/mol. The first-order valence-electron chi connectivity index (χ1n) is 8.49. The lowest BCUT2D eigenvalue weighted by Crippen LogP contribution is -2.54. The molecule has 4 saturated carbocycles. The number of carboxylic acid groups (broad SMARTS) is 1. The maximum atomic E-state index is 13.1. The molecule has 4 aliphatic carbocycles. The molecular weight excluding hydrogens is 266 g/mol. The van der Waals surface area contributed by atoms with Crippen molar-refractivity contribution in [3.63, 3.8) is 0 Å². The molecule has 1 aliphatic heterocycles. The van der Waals surface area contributed by atoms with Gasteiger partial charge in [-0.1, -0.05) is 6.92 Å². The molecule has 4 nitrogen and oxygen atoms in total. The Balaban J connectivity index is 1.54. The van der Waals surface area contributed by atoms with Gasteiger partial charge in [0.25, 0.3) is 0 Å². The molecule has 0 aromatic rings. The highest BCUT2D eigenvalue weighted by atomic mass is 16.4. The molecule has 5 aliphatic rings. The first-order valence-corrected chi connectivity index (χ1v) is 8.49. The van der Waals surface area contributed by atoms with Gasteiger partial charge in [0.2, 0.25) is 5.91 Å². The van der Waals surface area contributed by atoms with Crippen LogP contribution in [0.3, 0.4) is 0 Å². The zero-order chi connectivity index (χ0) is 14.8. The largest absolute Gasteiger partial charge is 0.481 e. The van der Waals surface area contributed by atoms with E-state index in [-0.39, 0.29) is 23.2 Å². The van der Waals surface area contributed by atoms with Crippen LogP contribution in [0.4, 0.5) is 0 Å². The van der Waals surface area contributed by atoms with Crippen LogP contribution >= 0.6 is 0 Å². The number of carboxylic acids is 1. The number of amides is 1. The molecule has 2 unspecified atom stereocenters. The summed E-state index contributed by atoms with van der Waals surface area (Å²) >= 11 is 0. The molecule has 116 valence electrons. The Kier molecular flexibility index (Phi) is 2.89. The Hall–Kier alpha value is -1.06. The summed E-state index contributed by atoms with van der Waals surface area (Å²) in [7, 11) is 0. The molecule has 4 bridgehead atoms. The van der Waals surface area contributed by atoms with Crippen molar-refractivity contribution in [2.45, 2.75) is 45.4 Å². The van der Waals surface area contributed by atoms with E-state index in [0.717, 1.165) is 37.0 Å². The zero-order valence-electron chi connectivity index (χ0n) is 12.8. The van der Waals surface area contributed by atoms with Crippen molar-refractivity contribution in [3.8, 4) is 0 Å². The van der Waals surface area contributed by atoms with Gasteiger partial charge in [-0.3, -0.25) is 9.59 Å². The summed E-state index contributed by atoms with van der Waals surface area (Å²) in [5.74, 6) is 1.53. The van der Waals surface area contributed by atoms with Gasteiger partial charge < -0.3 is 10.0 Å². The highest BCUT2D eigenvalue weighted by molar-refractivity contribution is 5.84. The van der Waals surface area contributed by atoms with E-state index in [4.69, 9.17) is 0 Å². The van der Waals surface area contributed by atoms with Crippen molar-refractivity contribution < 1.29 is 14.7 Å². The van der Waals surface area contributed by atoms with Crippen LogP contribution in [0, 0.1) is 35.0 Å². The van der Waals surface area contributed by atoms with Crippen LogP contribution in [0.5, 0.6) is 0 Å². The number of carbonyl (C=O) groups is 2. The highest BCUT2D eigenvalue weighted by Crippen LogP contribution is 2.60. The number of carbonyl (C=O) groups excluding carboxylic acids is 1. The van der Waals surface area contributed by atoms with Gasteiger partial charge in [0.1, 0.15) is 0 Å². The third-order valence-corrected chi connectivity index (χ3v) is 6.71. The molecule has 1 heterocycles. The first-order chi connectivity index (χ1) is 9.97. The van der Waals surface area contributed by atoms with Crippen molar-refractivity contribution in [1.82, 2.24) is 4.90 Å². The fourth-order valence-electron chi connectivity index (χ4n) is 6.16. The SMILES string of the molecule is CC1CN(C(=O)C23CC4CC(CC(C4)C2)C3)CC1C(=O)O. The molecule has 21 heavy (non-hydrogen) atoms. The second-order valence-electron chi connectivity index (χ2n) is 8.33. The fourth-order valence-corrected chi connectivity index (χ4v) is 6.16. The summed E-state index contributed by atoms with van der Waals surface area (Å²) in [5.41, 5.74) is -0.123. The van der Waals surface area contributed by atoms with Crippen molar-refractivity contribution in [2.75, 3.05) is 13.1 Å². The van der Waals surface area contributed by atoms with Gasteiger partial charge in [0.15, 0.2) is 0 Å². The second kappa shape index (κ2) is 4.47. The number of hydrogen-bond acceptors (Lipinski definition) is 2. The van der Waals surface area contributed by atoms with Gasteiger partial charge in [-0.25, -0.2) is 0 Å². The predicted molar refractivity (Wildman–Crippen MR) is 77.5 cm³/mol. The third kappa shape index (κ3) is 2.01. The van der Waals surface area contributed by atoms with Crippen LogP contribution in [0.15, 0.2) is 0 Å². The zero-order valence-corrected chi connectivity index (χ0v) is 12.8. The average Bonchev–Trinajstić information content (AvgIpc) is 2.78. The van der Waals surface area contributed by atoms with Crippen LogP contribution in [0.2, 0.25) is 0 Å². The maximum absolute atomic E-state index is 13.1. The minimum atomic E-state index is -0.747. The highest BCUT2D eigenvalue weighted by Gasteiger charge is 2.56. The fraction of sp³-hybridized carbons (Fsp3) is 0.882. The third-order valence-electron chi connectivity index (χ3n) is 6.71. The van der Waals surface area contributed by atoms with E-state index in [9.17, 15) is 14.7 Å². The molecule has 0 spiro atoms.